The van der Waals surface area contributed by atoms with Crippen molar-refractivity contribution in [2.75, 3.05) is 26.2 Å². The Morgan fingerprint density at radius 1 is 0.620 bits per heavy atom. The van der Waals surface area contributed by atoms with Gasteiger partial charge >= 0.3 is 5.97 Å². The molecule has 0 saturated carbocycles. The maximum atomic E-state index is 12.6. The average Bonchev–Trinajstić information content (AvgIpc) is 3.04. The highest BCUT2D eigenvalue weighted by atomic mass is 16.4. The van der Waals surface area contributed by atoms with Crippen molar-refractivity contribution < 1.29 is 43.5 Å². The predicted molar refractivity (Wildman–Crippen MR) is 187 cm³/mol. The van der Waals surface area contributed by atoms with E-state index in [4.69, 9.17) is 22.3 Å². The largest absolute Gasteiger partial charge is 0.480 e. The van der Waals surface area contributed by atoms with Crippen LogP contribution in [0.3, 0.4) is 0 Å². The molecule has 0 aliphatic heterocycles. The van der Waals surface area contributed by atoms with Crippen LogP contribution >= 0.6 is 0 Å². The average molecular weight is 716 g/mol. The van der Waals surface area contributed by atoms with E-state index >= 15 is 0 Å². The normalized spacial score (nSPS) is 13.9. The minimum atomic E-state index is -1.15. The summed E-state index contributed by atoms with van der Waals surface area (Å²) in [6, 6.07) is -4.19. The molecule has 5 atom stereocenters. The summed E-state index contributed by atoms with van der Waals surface area (Å²) in [4.78, 5) is 93.7. The maximum Gasteiger partial charge on any atom is 0.326 e. The van der Waals surface area contributed by atoms with Crippen molar-refractivity contribution in [3.05, 3.63) is 0 Å². The van der Waals surface area contributed by atoms with E-state index in [0.29, 0.717) is 25.7 Å². The molecular weight excluding hydrogens is 654 g/mol. The summed E-state index contributed by atoms with van der Waals surface area (Å²) in [6.07, 6.45) is 2.06. The second-order valence-electron chi connectivity index (χ2n) is 13.1. The lowest BCUT2D eigenvalue weighted by Crippen LogP contribution is -2.59. The summed E-state index contributed by atoms with van der Waals surface area (Å²) in [5, 5.41) is 24.0. The lowest BCUT2D eigenvalue weighted by molar-refractivity contribution is -0.142. The second-order valence-corrected chi connectivity index (χ2v) is 13.1. The van der Waals surface area contributed by atoms with Gasteiger partial charge in [0.05, 0.1) is 25.7 Å². The zero-order valence-electron chi connectivity index (χ0n) is 30.7. The number of rotatable bonds is 22. The van der Waals surface area contributed by atoms with Crippen LogP contribution in [0.1, 0.15) is 74.7 Å². The number of carbonyl (C=O) groups is 8. The molecule has 0 saturated heterocycles. The molecule has 0 aromatic heterocycles. The predicted octanol–water partition coefficient (Wildman–Crippen LogP) is -2.53. The first kappa shape index (κ1) is 48.0. The van der Waals surface area contributed by atoms with Gasteiger partial charge in [-0.25, -0.2) is 4.79 Å². The number of unbranched alkanes of at least 4 members (excludes halogenated alkanes) is 1. The minimum Gasteiger partial charge on any atom is -0.480 e. The standard InChI is InChI=1S/C17H32N4O4.C15H29N5O5/c1-9(2)12(18)15(23)20-14(11(5)6)17(25)21-13(10(3)4)16(24)19-7-8-22;1-9(2)13(20-11(21)7-17)14(23)18-8-12(22)19-10(15(24)25)5-3-4-6-16/h8-14H,7,18H2,1-6H3,(H,19,24)(H,20,23)(H,21,25);9-10,13H,3-8,16-17H2,1-2H3,(H,18,23)(H,19,22)(H,20,21)(H,24,25)/t12-,13-,14-;10-,13-/m00/s1. The summed E-state index contributed by atoms with van der Waals surface area (Å²) in [7, 11) is 0. The smallest absolute Gasteiger partial charge is 0.326 e. The Kier molecular flexibility index (Phi) is 24.7. The molecule has 0 fully saturated rings. The van der Waals surface area contributed by atoms with Crippen LogP contribution in [0.25, 0.3) is 0 Å². The quantitative estimate of drug-likeness (QED) is 0.0410. The summed E-state index contributed by atoms with van der Waals surface area (Å²) >= 11 is 0. The topological polar surface area (TPSA) is 307 Å². The van der Waals surface area contributed by atoms with Crippen LogP contribution in [0.4, 0.5) is 0 Å². The van der Waals surface area contributed by atoms with E-state index in [0.717, 1.165) is 0 Å². The Labute approximate surface area is 294 Å². The van der Waals surface area contributed by atoms with Gasteiger partial charge in [0.1, 0.15) is 30.5 Å². The van der Waals surface area contributed by atoms with Gasteiger partial charge in [0.2, 0.25) is 35.4 Å². The van der Waals surface area contributed by atoms with E-state index in [-0.39, 0.29) is 49.7 Å². The van der Waals surface area contributed by atoms with Crippen LogP contribution in [0.5, 0.6) is 0 Å². The van der Waals surface area contributed by atoms with E-state index < -0.39 is 71.6 Å². The van der Waals surface area contributed by atoms with Crippen LogP contribution in [0.2, 0.25) is 0 Å². The zero-order valence-corrected chi connectivity index (χ0v) is 30.7. The molecule has 0 unspecified atom stereocenters. The molecule has 0 heterocycles. The van der Waals surface area contributed by atoms with Gasteiger partial charge < -0.3 is 59.0 Å². The number of carboxylic acids is 1. The van der Waals surface area contributed by atoms with Gasteiger partial charge in [-0.3, -0.25) is 28.8 Å². The van der Waals surface area contributed by atoms with Crippen molar-refractivity contribution in [3.8, 4) is 0 Å². The van der Waals surface area contributed by atoms with E-state index in [1.165, 1.54) is 0 Å². The van der Waals surface area contributed by atoms with Crippen molar-refractivity contribution in [2.45, 2.75) is 105 Å². The number of aldehydes is 1. The second kappa shape index (κ2) is 25.8. The summed E-state index contributed by atoms with van der Waals surface area (Å²) in [5.41, 5.74) is 16.4. The highest BCUT2D eigenvalue weighted by Crippen LogP contribution is 2.08. The van der Waals surface area contributed by atoms with Crippen molar-refractivity contribution in [2.24, 2.45) is 40.9 Å². The summed E-state index contributed by atoms with van der Waals surface area (Å²) < 4.78 is 0. The van der Waals surface area contributed by atoms with Crippen molar-refractivity contribution in [3.63, 3.8) is 0 Å². The molecule has 288 valence electrons. The Hall–Kier alpha value is -4.16. The SMILES string of the molecule is CC(C)[C@H](N)C(=O)N[C@H](C(=O)N[C@H](C(=O)NCC=O)C(C)C)C(C)C.CC(C)[C@H](NC(=O)CN)C(=O)NCC(=O)N[C@@H](CCCCN)C(=O)O. The number of carbonyl (C=O) groups excluding carboxylic acids is 7. The van der Waals surface area contributed by atoms with Crippen molar-refractivity contribution in [1.29, 1.82) is 0 Å². The molecule has 0 aromatic carbocycles. The fraction of sp³-hybridized carbons (Fsp3) is 0.750. The van der Waals surface area contributed by atoms with Gasteiger partial charge in [-0.1, -0.05) is 55.4 Å². The first-order chi connectivity index (χ1) is 23.2. The van der Waals surface area contributed by atoms with Crippen LogP contribution in [-0.2, 0) is 38.4 Å². The van der Waals surface area contributed by atoms with Crippen molar-refractivity contribution >= 4 is 47.7 Å². The molecule has 0 aliphatic rings. The van der Waals surface area contributed by atoms with E-state index in [2.05, 4.69) is 31.9 Å². The summed E-state index contributed by atoms with van der Waals surface area (Å²) in [5.74, 6) is -4.74. The molecule has 0 radical (unpaired) electrons. The Morgan fingerprint density at radius 3 is 1.54 bits per heavy atom. The molecule has 0 rings (SSSR count). The molecule has 0 aromatic rings. The number of aliphatic carboxylic acids is 1. The highest BCUT2D eigenvalue weighted by molar-refractivity contribution is 5.94. The monoisotopic (exact) mass is 715 g/mol. The van der Waals surface area contributed by atoms with E-state index in [9.17, 15) is 38.4 Å². The molecule has 50 heavy (non-hydrogen) atoms. The third-order valence-electron chi connectivity index (χ3n) is 7.33. The first-order valence-electron chi connectivity index (χ1n) is 16.8. The van der Waals surface area contributed by atoms with Gasteiger partial charge in [-0.05, 0) is 49.5 Å². The van der Waals surface area contributed by atoms with Crippen LogP contribution in [-0.4, -0.2) is 109 Å². The molecule has 18 heteroatoms. The maximum absolute atomic E-state index is 12.6. The number of nitrogens with one attached hydrogen (secondary N) is 6. The fourth-order valence-corrected chi connectivity index (χ4v) is 4.16. The van der Waals surface area contributed by atoms with Crippen LogP contribution in [0.15, 0.2) is 0 Å². The molecule has 0 bridgehead atoms. The van der Waals surface area contributed by atoms with Crippen molar-refractivity contribution in [1.82, 2.24) is 31.9 Å². The number of amides is 6. The van der Waals surface area contributed by atoms with E-state index in [1.807, 2.05) is 13.8 Å². The molecule has 13 N–H and O–H groups in total. The minimum absolute atomic E-state index is 0.0617. The van der Waals surface area contributed by atoms with Crippen LogP contribution < -0.4 is 49.1 Å². The first-order valence-corrected chi connectivity index (χ1v) is 16.8. The highest BCUT2D eigenvalue weighted by Gasteiger charge is 2.32. The molecule has 0 aliphatic carbocycles. The Balaban J connectivity index is 0. The molecule has 0 spiro atoms. The third-order valence-corrected chi connectivity index (χ3v) is 7.33. The molecule has 6 amide bonds. The number of hydrogen-bond donors (Lipinski definition) is 10. The van der Waals surface area contributed by atoms with Gasteiger partial charge in [0, 0.05) is 0 Å². The third kappa shape index (κ3) is 19.7. The number of hydrogen-bond acceptors (Lipinski definition) is 11. The van der Waals surface area contributed by atoms with Gasteiger partial charge in [-0.2, -0.15) is 0 Å². The van der Waals surface area contributed by atoms with Gasteiger partial charge in [0.15, 0.2) is 0 Å². The zero-order chi connectivity index (χ0) is 39.1. The fourth-order valence-electron chi connectivity index (χ4n) is 4.16. The lowest BCUT2D eigenvalue weighted by Gasteiger charge is -2.28. The van der Waals surface area contributed by atoms with E-state index in [1.54, 1.807) is 41.5 Å². The Morgan fingerprint density at radius 2 is 1.10 bits per heavy atom. The van der Waals surface area contributed by atoms with Gasteiger partial charge in [-0.15, -0.1) is 0 Å². The summed E-state index contributed by atoms with van der Waals surface area (Å²) in [6.45, 7) is 13.9. The van der Waals surface area contributed by atoms with Crippen LogP contribution in [0, 0.1) is 23.7 Å². The lowest BCUT2D eigenvalue weighted by atomic mass is 9.98. The molecular formula is C32H61N9O9. The Bertz CT molecular complexity index is 1120. The number of carboxylic acid groups (broad SMARTS) is 1. The van der Waals surface area contributed by atoms with Gasteiger partial charge in [0.25, 0.3) is 0 Å². The molecule has 18 nitrogen and oxygen atoms in total. The number of nitrogens with two attached hydrogens (primary N) is 3.